The number of carbonyl (C=O) groups excluding carboxylic acids is 3. The molecule has 0 bridgehead atoms. The van der Waals surface area contributed by atoms with Gasteiger partial charge >= 0.3 is 21.5 Å². The Kier molecular flexibility index (Phi) is 9.11. The molecule has 140 valence electrons. The molecule has 2 amide bonds. The molecule has 8 nitrogen and oxygen atoms in total. The van der Waals surface area contributed by atoms with Crippen molar-refractivity contribution in [3.8, 4) is 0 Å². The summed E-state index contributed by atoms with van der Waals surface area (Å²) in [5.41, 5.74) is -5.63. The van der Waals surface area contributed by atoms with Crippen LogP contribution in [0.2, 0.25) is 0 Å². The van der Waals surface area contributed by atoms with E-state index in [1.807, 2.05) is 0 Å². The summed E-state index contributed by atoms with van der Waals surface area (Å²) in [4.78, 5) is 34.3. The Morgan fingerprint density at radius 2 is 1.71 bits per heavy atom. The van der Waals surface area contributed by atoms with Gasteiger partial charge in [-0.05, 0) is 18.4 Å². The molecular weight excluding hydrogens is 377 g/mol. The lowest BCUT2D eigenvalue weighted by Crippen LogP contribution is -2.43. The second kappa shape index (κ2) is 9.71. The lowest BCUT2D eigenvalue weighted by molar-refractivity contribution is -0.145. The molecule has 0 fully saturated rings. The van der Waals surface area contributed by atoms with Gasteiger partial charge in [0, 0.05) is 12.8 Å². The maximum atomic E-state index is 12.1. The molecule has 0 unspecified atom stereocenters. The average molecular weight is 394 g/mol. The fourth-order valence-electron chi connectivity index (χ4n) is 1.38. The Labute approximate surface area is 140 Å². The van der Waals surface area contributed by atoms with Crippen LogP contribution in [-0.4, -0.2) is 56.9 Å². The largest absolute Gasteiger partial charge is 0.516 e. The van der Waals surface area contributed by atoms with Crippen molar-refractivity contribution in [1.82, 2.24) is 10.0 Å². The highest BCUT2D eigenvalue weighted by Gasteiger charge is 2.46. The van der Waals surface area contributed by atoms with Gasteiger partial charge in [0.1, 0.15) is 6.04 Å². The SMILES string of the molecule is COC(=O)[C@H](CCSC)NC(=O)CCC(=O)NS(=O)(=O)C(F)(F)F. The fourth-order valence-corrected chi connectivity index (χ4v) is 2.37. The number of esters is 1. The van der Waals surface area contributed by atoms with Gasteiger partial charge in [-0.1, -0.05) is 0 Å². The van der Waals surface area contributed by atoms with Gasteiger partial charge in [-0.3, -0.25) is 9.59 Å². The van der Waals surface area contributed by atoms with Crippen LogP contribution < -0.4 is 10.0 Å². The number of amides is 2. The number of carbonyl (C=O) groups is 3. The first kappa shape index (κ1) is 22.5. The van der Waals surface area contributed by atoms with Gasteiger partial charge in [0.2, 0.25) is 11.8 Å². The molecule has 24 heavy (non-hydrogen) atoms. The first-order chi connectivity index (χ1) is 10.9. The second-order valence-corrected chi connectivity index (χ2v) is 7.06. The van der Waals surface area contributed by atoms with Crippen LogP contribution >= 0.6 is 11.8 Å². The van der Waals surface area contributed by atoms with E-state index in [2.05, 4.69) is 10.1 Å². The topological polar surface area (TPSA) is 119 Å². The van der Waals surface area contributed by atoms with E-state index >= 15 is 0 Å². The smallest absolute Gasteiger partial charge is 0.467 e. The Morgan fingerprint density at radius 1 is 1.17 bits per heavy atom. The molecule has 0 spiro atoms. The average Bonchev–Trinajstić information content (AvgIpc) is 2.46. The standard InChI is InChI=1S/C11H17F3N2O6S2/c1-22-10(19)7(5-6-23-2)15-8(17)3-4-9(18)16-24(20,21)11(12,13)14/h7H,3-6H2,1-2H3,(H,15,17)(H,16,18)/t7-/m0/s1. The van der Waals surface area contributed by atoms with Crippen LogP contribution in [0.25, 0.3) is 0 Å². The summed E-state index contributed by atoms with van der Waals surface area (Å²) in [6.45, 7) is 0. The molecule has 0 aromatic rings. The minimum absolute atomic E-state index is 0.258. The normalized spacial score (nSPS) is 13.0. The van der Waals surface area contributed by atoms with Crippen molar-refractivity contribution < 1.29 is 40.7 Å². The van der Waals surface area contributed by atoms with Gasteiger partial charge in [-0.25, -0.2) is 9.52 Å². The molecular formula is C11H17F3N2O6S2. The molecule has 0 saturated carbocycles. The third-order valence-electron chi connectivity index (χ3n) is 2.56. The van der Waals surface area contributed by atoms with E-state index in [0.717, 1.165) is 11.8 Å². The highest BCUT2D eigenvalue weighted by atomic mass is 32.2. The van der Waals surface area contributed by atoms with Crippen molar-refractivity contribution in [1.29, 1.82) is 0 Å². The van der Waals surface area contributed by atoms with E-state index < -0.39 is 52.2 Å². The molecule has 0 heterocycles. The summed E-state index contributed by atoms with van der Waals surface area (Å²) in [5.74, 6) is -2.46. The molecule has 13 heteroatoms. The van der Waals surface area contributed by atoms with Gasteiger partial charge < -0.3 is 10.1 Å². The van der Waals surface area contributed by atoms with Crippen molar-refractivity contribution in [2.24, 2.45) is 0 Å². The van der Waals surface area contributed by atoms with Crippen molar-refractivity contribution in [3.63, 3.8) is 0 Å². The zero-order chi connectivity index (χ0) is 19.0. The van der Waals surface area contributed by atoms with E-state index in [-0.39, 0.29) is 6.42 Å². The summed E-state index contributed by atoms with van der Waals surface area (Å²) in [7, 11) is -4.68. The summed E-state index contributed by atoms with van der Waals surface area (Å²) in [6.07, 6.45) is 0.652. The molecule has 0 saturated heterocycles. The third-order valence-corrected chi connectivity index (χ3v) is 4.31. The van der Waals surface area contributed by atoms with Gasteiger partial charge in [-0.15, -0.1) is 0 Å². The Balaban J connectivity index is 4.51. The van der Waals surface area contributed by atoms with E-state index in [1.54, 1.807) is 6.26 Å². The number of ether oxygens (including phenoxy) is 1. The van der Waals surface area contributed by atoms with E-state index in [4.69, 9.17) is 0 Å². The van der Waals surface area contributed by atoms with Crippen LogP contribution in [0.1, 0.15) is 19.3 Å². The molecule has 0 aliphatic heterocycles. The minimum atomic E-state index is -5.81. The number of thioether (sulfide) groups is 1. The first-order valence-corrected chi connectivity index (χ1v) is 9.30. The number of alkyl halides is 3. The summed E-state index contributed by atoms with van der Waals surface area (Å²) < 4.78 is 62.9. The Hall–Kier alpha value is -1.50. The number of methoxy groups -OCH3 is 1. The number of sulfonamides is 1. The highest BCUT2D eigenvalue weighted by Crippen LogP contribution is 2.21. The molecule has 0 aliphatic carbocycles. The number of nitrogens with one attached hydrogen (secondary N) is 2. The van der Waals surface area contributed by atoms with Crippen LogP contribution in [0, 0.1) is 0 Å². The van der Waals surface area contributed by atoms with Crippen molar-refractivity contribution >= 4 is 39.6 Å². The minimum Gasteiger partial charge on any atom is -0.467 e. The maximum Gasteiger partial charge on any atom is 0.516 e. The molecule has 0 rings (SSSR count). The van der Waals surface area contributed by atoms with Crippen LogP contribution in [-0.2, 0) is 29.1 Å². The molecule has 0 aromatic carbocycles. The van der Waals surface area contributed by atoms with Gasteiger partial charge in [-0.2, -0.15) is 33.4 Å². The van der Waals surface area contributed by atoms with Gasteiger partial charge in [0.05, 0.1) is 7.11 Å². The third kappa shape index (κ3) is 7.86. The molecule has 2 N–H and O–H groups in total. The van der Waals surface area contributed by atoms with E-state index in [1.165, 1.54) is 11.8 Å². The first-order valence-electron chi connectivity index (χ1n) is 6.42. The van der Waals surface area contributed by atoms with Crippen molar-refractivity contribution in [2.45, 2.75) is 30.8 Å². The lowest BCUT2D eigenvalue weighted by atomic mass is 10.2. The molecule has 1 atom stereocenters. The second-order valence-electron chi connectivity index (χ2n) is 4.40. The predicted octanol–water partition coefficient (Wildman–Crippen LogP) is 0.143. The van der Waals surface area contributed by atoms with Crippen molar-refractivity contribution in [3.05, 3.63) is 0 Å². The number of hydrogen-bond acceptors (Lipinski definition) is 7. The number of rotatable bonds is 9. The van der Waals surface area contributed by atoms with Gasteiger partial charge in [0.15, 0.2) is 0 Å². The maximum absolute atomic E-state index is 12.1. The van der Waals surface area contributed by atoms with E-state index in [0.29, 0.717) is 5.75 Å². The number of hydrogen-bond donors (Lipinski definition) is 2. The monoisotopic (exact) mass is 394 g/mol. The zero-order valence-corrected chi connectivity index (χ0v) is 14.4. The fraction of sp³-hybridized carbons (Fsp3) is 0.727. The lowest BCUT2D eigenvalue weighted by Gasteiger charge is -2.16. The van der Waals surface area contributed by atoms with Crippen molar-refractivity contribution in [2.75, 3.05) is 19.1 Å². The van der Waals surface area contributed by atoms with Crippen LogP contribution in [0.5, 0.6) is 0 Å². The summed E-state index contributed by atoms with van der Waals surface area (Å²) >= 11 is 1.42. The summed E-state index contributed by atoms with van der Waals surface area (Å²) in [6, 6.07) is -0.961. The number of halogens is 3. The molecule has 0 aliphatic rings. The molecule has 0 aromatic heterocycles. The molecule has 0 radical (unpaired) electrons. The quantitative estimate of drug-likeness (QED) is 0.534. The van der Waals surface area contributed by atoms with E-state index in [9.17, 15) is 36.0 Å². The predicted molar refractivity (Wildman–Crippen MR) is 79.3 cm³/mol. The van der Waals surface area contributed by atoms with Crippen LogP contribution in [0.15, 0.2) is 0 Å². The van der Waals surface area contributed by atoms with Gasteiger partial charge in [0.25, 0.3) is 0 Å². The van der Waals surface area contributed by atoms with Crippen LogP contribution in [0.4, 0.5) is 13.2 Å². The Morgan fingerprint density at radius 3 is 2.17 bits per heavy atom. The zero-order valence-electron chi connectivity index (χ0n) is 12.8. The summed E-state index contributed by atoms with van der Waals surface area (Å²) in [5, 5.41) is 2.27. The highest BCUT2D eigenvalue weighted by molar-refractivity contribution is 7.98. The van der Waals surface area contributed by atoms with Crippen LogP contribution in [0.3, 0.4) is 0 Å². The Bertz CT molecular complexity index is 565.